The van der Waals surface area contributed by atoms with Crippen LogP contribution in [0.3, 0.4) is 0 Å². The number of carbonyl (C=O) groups excluding carboxylic acids is 1. The highest BCUT2D eigenvalue weighted by molar-refractivity contribution is 9.10. The van der Waals surface area contributed by atoms with Gasteiger partial charge in [0.15, 0.2) is 0 Å². The number of amides is 2. The second kappa shape index (κ2) is 10.3. The van der Waals surface area contributed by atoms with Crippen molar-refractivity contribution in [2.45, 2.75) is 38.5 Å². The predicted octanol–water partition coefficient (Wildman–Crippen LogP) is 5.14. The first-order chi connectivity index (χ1) is 13.4. The Labute approximate surface area is 183 Å². The number of benzene rings is 1. The fourth-order valence-electron chi connectivity index (χ4n) is 4.55. The molecule has 1 atom stereocenters. The summed E-state index contributed by atoms with van der Waals surface area (Å²) in [5.41, 5.74) is 1.33. The molecule has 1 unspecified atom stereocenters. The summed E-state index contributed by atoms with van der Waals surface area (Å²) in [7, 11) is 3.69. The summed E-state index contributed by atoms with van der Waals surface area (Å²) in [6.07, 6.45) is 7.24. The van der Waals surface area contributed by atoms with Gasteiger partial charge in [-0.1, -0.05) is 27.5 Å². The van der Waals surface area contributed by atoms with Crippen molar-refractivity contribution in [2.75, 3.05) is 46.8 Å². The summed E-state index contributed by atoms with van der Waals surface area (Å²) in [5.74, 6) is 1.40. The molecular weight excluding hydrogens is 438 g/mol. The van der Waals surface area contributed by atoms with Crippen molar-refractivity contribution in [2.24, 2.45) is 11.8 Å². The van der Waals surface area contributed by atoms with Gasteiger partial charge in [-0.15, -0.1) is 0 Å². The van der Waals surface area contributed by atoms with E-state index in [0.717, 1.165) is 36.9 Å². The quantitative estimate of drug-likeness (QED) is 0.595. The summed E-state index contributed by atoms with van der Waals surface area (Å²) in [6, 6.07) is 6.26. The van der Waals surface area contributed by atoms with Crippen LogP contribution in [0.1, 0.15) is 37.7 Å². The van der Waals surface area contributed by atoms with Gasteiger partial charge in [0.1, 0.15) is 0 Å². The molecule has 0 spiro atoms. The SMILES string of the molecule is CN(C)C(=O)N1CCCC(CCN2CCC(Cc3cc(Cl)ccc3Br)CC2)C1. The number of nitrogens with zero attached hydrogens (tertiary/aromatic N) is 3. The number of hydrogen-bond donors (Lipinski definition) is 0. The molecule has 0 saturated carbocycles. The van der Waals surface area contributed by atoms with Crippen molar-refractivity contribution >= 4 is 33.6 Å². The Morgan fingerprint density at radius 2 is 1.93 bits per heavy atom. The lowest BCUT2D eigenvalue weighted by Gasteiger charge is -2.36. The van der Waals surface area contributed by atoms with Gasteiger partial charge >= 0.3 is 6.03 Å². The number of rotatable bonds is 5. The van der Waals surface area contributed by atoms with Crippen LogP contribution in [0.25, 0.3) is 0 Å². The maximum absolute atomic E-state index is 12.2. The van der Waals surface area contributed by atoms with Crippen molar-refractivity contribution < 1.29 is 4.79 Å². The van der Waals surface area contributed by atoms with Gasteiger partial charge in [0.05, 0.1) is 0 Å². The topological polar surface area (TPSA) is 26.8 Å². The molecule has 0 bridgehead atoms. The molecule has 6 heteroatoms. The molecule has 2 aliphatic heterocycles. The molecule has 2 heterocycles. The van der Waals surface area contributed by atoms with Crippen LogP contribution in [0.2, 0.25) is 5.02 Å². The molecule has 0 radical (unpaired) electrons. The Morgan fingerprint density at radius 3 is 2.64 bits per heavy atom. The van der Waals surface area contributed by atoms with Crippen molar-refractivity contribution in [3.8, 4) is 0 Å². The maximum Gasteiger partial charge on any atom is 0.319 e. The summed E-state index contributed by atoms with van der Waals surface area (Å²) in [4.78, 5) is 18.6. The molecule has 0 N–H and O–H groups in total. The van der Waals surface area contributed by atoms with Crippen LogP contribution in [-0.4, -0.2) is 67.5 Å². The molecule has 3 rings (SSSR count). The maximum atomic E-state index is 12.2. The summed E-state index contributed by atoms with van der Waals surface area (Å²) in [6.45, 7) is 5.39. The van der Waals surface area contributed by atoms with E-state index in [9.17, 15) is 4.79 Å². The zero-order valence-electron chi connectivity index (χ0n) is 17.2. The summed E-state index contributed by atoms with van der Waals surface area (Å²) >= 11 is 9.83. The lowest BCUT2D eigenvalue weighted by molar-refractivity contribution is 0.127. The molecule has 1 aromatic rings. The largest absolute Gasteiger partial charge is 0.331 e. The first kappa shape index (κ1) is 21.9. The molecule has 28 heavy (non-hydrogen) atoms. The van der Waals surface area contributed by atoms with Gasteiger partial charge in [0.2, 0.25) is 0 Å². The average molecular weight is 471 g/mol. The Bertz CT molecular complexity index is 661. The third-order valence-electron chi connectivity index (χ3n) is 6.25. The van der Waals surface area contributed by atoms with Crippen molar-refractivity contribution in [1.29, 1.82) is 0 Å². The molecule has 2 aliphatic rings. The van der Waals surface area contributed by atoms with Crippen LogP contribution in [0, 0.1) is 11.8 Å². The Hall–Kier alpha value is -0.780. The van der Waals surface area contributed by atoms with E-state index in [-0.39, 0.29) is 6.03 Å². The van der Waals surface area contributed by atoms with Gasteiger partial charge < -0.3 is 14.7 Å². The van der Waals surface area contributed by atoms with Crippen LogP contribution < -0.4 is 0 Å². The highest BCUT2D eigenvalue weighted by Gasteiger charge is 2.26. The monoisotopic (exact) mass is 469 g/mol. The number of piperidine rings is 2. The molecule has 0 aliphatic carbocycles. The summed E-state index contributed by atoms with van der Waals surface area (Å²) in [5, 5.41) is 0.824. The van der Waals surface area contributed by atoms with Crippen molar-refractivity contribution in [3.05, 3.63) is 33.3 Å². The third-order valence-corrected chi connectivity index (χ3v) is 7.26. The fraction of sp³-hybridized carbons (Fsp3) is 0.682. The van der Waals surface area contributed by atoms with Crippen molar-refractivity contribution in [3.63, 3.8) is 0 Å². The zero-order valence-corrected chi connectivity index (χ0v) is 19.5. The zero-order chi connectivity index (χ0) is 20.1. The molecule has 2 fully saturated rings. The molecule has 2 amide bonds. The lowest BCUT2D eigenvalue weighted by Crippen LogP contribution is -2.45. The lowest BCUT2D eigenvalue weighted by atomic mass is 9.89. The van der Waals surface area contributed by atoms with E-state index in [1.807, 2.05) is 25.1 Å². The van der Waals surface area contributed by atoms with Gasteiger partial charge in [-0.25, -0.2) is 4.79 Å². The van der Waals surface area contributed by atoms with Gasteiger partial charge in [0.25, 0.3) is 0 Å². The number of halogens is 2. The minimum absolute atomic E-state index is 0.165. The standard InChI is InChI=1S/C22H33BrClN3O/c1-25(2)22(28)27-10-3-4-18(16-27)9-13-26-11-7-17(8-12-26)14-19-15-20(24)5-6-21(19)23/h5-6,15,17-18H,3-4,7-14,16H2,1-2H3. The molecule has 4 nitrogen and oxygen atoms in total. The van der Waals surface area contributed by atoms with Crippen LogP contribution in [0.5, 0.6) is 0 Å². The highest BCUT2D eigenvalue weighted by Crippen LogP contribution is 2.28. The van der Waals surface area contributed by atoms with Gasteiger partial charge in [0, 0.05) is 36.7 Å². The Balaban J connectivity index is 1.40. The first-order valence-electron chi connectivity index (χ1n) is 10.5. The van der Waals surface area contributed by atoms with E-state index < -0.39 is 0 Å². The average Bonchev–Trinajstić information content (AvgIpc) is 2.70. The molecule has 156 valence electrons. The molecular formula is C22H33BrClN3O. The number of likely N-dealkylation sites (tertiary alicyclic amines) is 2. The molecule has 0 aromatic heterocycles. The minimum Gasteiger partial charge on any atom is -0.331 e. The Kier molecular flexibility index (Phi) is 8.07. The third kappa shape index (κ3) is 6.11. The normalized spacial score (nSPS) is 21.7. The van der Waals surface area contributed by atoms with Crippen molar-refractivity contribution in [1.82, 2.24) is 14.7 Å². The van der Waals surface area contributed by atoms with E-state index in [0.29, 0.717) is 5.92 Å². The summed E-state index contributed by atoms with van der Waals surface area (Å²) < 4.78 is 1.17. The molecule has 2 saturated heterocycles. The van der Waals surface area contributed by atoms with E-state index in [1.165, 1.54) is 55.4 Å². The van der Waals surface area contributed by atoms with E-state index in [1.54, 1.807) is 4.90 Å². The van der Waals surface area contributed by atoms with Crippen LogP contribution in [0.4, 0.5) is 4.79 Å². The smallest absolute Gasteiger partial charge is 0.319 e. The van der Waals surface area contributed by atoms with Crippen LogP contribution in [0.15, 0.2) is 22.7 Å². The Morgan fingerprint density at radius 1 is 1.18 bits per heavy atom. The number of carbonyl (C=O) groups is 1. The van der Waals surface area contributed by atoms with Crippen LogP contribution in [-0.2, 0) is 6.42 Å². The van der Waals surface area contributed by atoms with Gasteiger partial charge in [-0.05, 0) is 93.8 Å². The number of urea groups is 1. The van der Waals surface area contributed by atoms with Gasteiger partial charge in [-0.2, -0.15) is 0 Å². The highest BCUT2D eigenvalue weighted by atomic mass is 79.9. The second-order valence-electron chi connectivity index (χ2n) is 8.64. The molecule has 1 aromatic carbocycles. The number of hydrogen-bond acceptors (Lipinski definition) is 2. The first-order valence-corrected chi connectivity index (χ1v) is 11.7. The second-order valence-corrected chi connectivity index (χ2v) is 9.94. The van der Waals surface area contributed by atoms with Gasteiger partial charge in [-0.3, -0.25) is 0 Å². The van der Waals surface area contributed by atoms with E-state index in [2.05, 4.69) is 33.0 Å². The predicted molar refractivity (Wildman–Crippen MR) is 120 cm³/mol. The van der Waals surface area contributed by atoms with Crippen LogP contribution >= 0.6 is 27.5 Å². The van der Waals surface area contributed by atoms with E-state index >= 15 is 0 Å². The fourth-order valence-corrected chi connectivity index (χ4v) is 5.15. The minimum atomic E-state index is 0.165. The van der Waals surface area contributed by atoms with E-state index in [4.69, 9.17) is 11.6 Å².